The van der Waals surface area contributed by atoms with Gasteiger partial charge in [-0.05, 0) is 31.5 Å². The number of allylic oxidation sites excluding steroid dienone is 2. The molecule has 0 aliphatic carbocycles. The maximum atomic E-state index is 11.9. The lowest BCUT2D eigenvalue weighted by Crippen LogP contribution is -2.34. The van der Waals surface area contributed by atoms with Crippen LogP contribution in [0.25, 0.3) is 0 Å². The van der Waals surface area contributed by atoms with Gasteiger partial charge in [-0.25, -0.2) is 4.67 Å². The molecular formula is C10H17ClNO2P. The van der Waals surface area contributed by atoms with Crippen LogP contribution >= 0.6 is 18.1 Å². The zero-order valence-electron chi connectivity index (χ0n) is 9.15. The van der Waals surface area contributed by atoms with Crippen LogP contribution in [0.5, 0.6) is 0 Å². The molecule has 1 heterocycles. The molecule has 0 N–H and O–H groups in total. The van der Waals surface area contributed by atoms with Crippen molar-refractivity contribution in [1.29, 1.82) is 0 Å². The molecule has 0 spiro atoms. The molecule has 1 saturated heterocycles. The average molecular weight is 250 g/mol. The van der Waals surface area contributed by atoms with E-state index in [1.807, 2.05) is 19.9 Å². The van der Waals surface area contributed by atoms with Crippen LogP contribution in [-0.4, -0.2) is 23.9 Å². The highest BCUT2D eigenvalue weighted by Crippen LogP contribution is 2.59. The van der Waals surface area contributed by atoms with E-state index in [2.05, 4.69) is 6.58 Å². The van der Waals surface area contributed by atoms with E-state index in [-0.39, 0.29) is 6.04 Å². The van der Waals surface area contributed by atoms with E-state index < -0.39 is 6.87 Å². The summed E-state index contributed by atoms with van der Waals surface area (Å²) < 4.78 is 18.8. The minimum atomic E-state index is -3.10. The Balaban J connectivity index is 2.81. The molecule has 1 rings (SSSR count). The standard InChI is InChI=1S/C10H17ClNO2P/c1-4-6-9(2)10(3)12-7-5-8-14-15(12,11)13/h4,6,10H,1,5,7-8H2,2-3H3/b9-6+. The topological polar surface area (TPSA) is 29.5 Å². The number of rotatable bonds is 3. The lowest BCUT2D eigenvalue weighted by molar-refractivity contribution is 0.203. The third-order valence-electron chi connectivity index (χ3n) is 2.58. The molecule has 2 unspecified atom stereocenters. The van der Waals surface area contributed by atoms with Crippen molar-refractivity contribution >= 4 is 18.1 Å². The van der Waals surface area contributed by atoms with E-state index in [4.69, 9.17) is 15.8 Å². The number of nitrogens with zero attached hydrogens (tertiary/aromatic N) is 1. The summed E-state index contributed by atoms with van der Waals surface area (Å²) in [5.41, 5.74) is 1.08. The van der Waals surface area contributed by atoms with Gasteiger partial charge in [0, 0.05) is 12.6 Å². The van der Waals surface area contributed by atoms with Crippen LogP contribution in [0.15, 0.2) is 24.3 Å². The van der Waals surface area contributed by atoms with Gasteiger partial charge in [0.2, 0.25) is 0 Å². The van der Waals surface area contributed by atoms with Crippen LogP contribution in [0, 0.1) is 0 Å². The van der Waals surface area contributed by atoms with E-state index in [1.54, 1.807) is 10.7 Å². The first kappa shape index (κ1) is 13.0. The van der Waals surface area contributed by atoms with Crippen molar-refractivity contribution in [2.24, 2.45) is 0 Å². The molecular weight excluding hydrogens is 233 g/mol. The third-order valence-corrected chi connectivity index (χ3v) is 5.11. The molecule has 0 aromatic heterocycles. The molecule has 1 fully saturated rings. The van der Waals surface area contributed by atoms with Gasteiger partial charge >= 0.3 is 6.87 Å². The normalized spacial score (nSPS) is 31.3. The van der Waals surface area contributed by atoms with Crippen LogP contribution in [0.3, 0.4) is 0 Å². The average Bonchev–Trinajstić information content (AvgIpc) is 2.16. The van der Waals surface area contributed by atoms with Crippen LogP contribution in [0.4, 0.5) is 0 Å². The highest BCUT2D eigenvalue weighted by molar-refractivity contribution is 7.83. The van der Waals surface area contributed by atoms with Crippen LogP contribution in [0.2, 0.25) is 0 Å². The monoisotopic (exact) mass is 249 g/mol. The maximum Gasteiger partial charge on any atom is 0.363 e. The smallest absolute Gasteiger partial charge is 0.306 e. The van der Waals surface area contributed by atoms with Crippen LogP contribution in [-0.2, 0) is 9.09 Å². The van der Waals surface area contributed by atoms with E-state index in [0.29, 0.717) is 13.2 Å². The van der Waals surface area contributed by atoms with Gasteiger partial charge in [0.15, 0.2) is 0 Å². The Morgan fingerprint density at radius 3 is 2.93 bits per heavy atom. The van der Waals surface area contributed by atoms with Crippen LogP contribution < -0.4 is 0 Å². The molecule has 1 aliphatic rings. The lowest BCUT2D eigenvalue weighted by Gasteiger charge is -2.35. The minimum Gasteiger partial charge on any atom is -0.306 e. The molecule has 0 aromatic rings. The molecule has 1 aliphatic heterocycles. The second-order valence-electron chi connectivity index (χ2n) is 3.62. The van der Waals surface area contributed by atoms with Crippen molar-refractivity contribution in [2.75, 3.05) is 13.2 Å². The van der Waals surface area contributed by atoms with Gasteiger partial charge in [0.25, 0.3) is 0 Å². The first-order valence-electron chi connectivity index (χ1n) is 4.99. The third kappa shape index (κ3) is 3.18. The number of halogens is 1. The Hall–Kier alpha value is -0.0800. The Labute approximate surface area is 96.0 Å². The number of hydrogen-bond acceptors (Lipinski definition) is 2. The van der Waals surface area contributed by atoms with E-state index in [9.17, 15) is 4.57 Å². The molecule has 0 radical (unpaired) electrons. The SMILES string of the molecule is C=C/C=C(\C)C(C)N1CCCOP1(=O)Cl. The van der Waals surface area contributed by atoms with Crippen molar-refractivity contribution < 1.29 is 9.09 Å². The van der Waals surface area contributed by atoms with E-state index in [0.717, 1.165) is 12.0 Å². The van der Waals surface area contributed by atoms with Gasteiger partial charge in [-0.3, -0.25) is 4.57 Å². The summed E-state index contributed by atoms with van der Waals surface area (Å²) in [6.45, 7) is 5.67. The minimum absolute atomic E-state index is 0.0200. The quantitative estimate of drug-likeness (QED) is 0.566. The lowest BCUT2D eigenvalue weighted by atomic mass is 10.1. The van der Waals surface area contributed by atoms with Crippen molar-refractivity contribution in [3.05, 3.63) is 24.3 Å². The van der Waals surface area contributed by atoms with Gasteiger partial charge in [-0.2, -0.15) is 0 Å². The summed E-state index contributed by atoms with van der Waals surface area (Å²) in [5.74, 6) is 0. The first-order valence-corrected chi connectivity index (χ1v) is 7.48. The van der Waals surface area contributed by atoms with Crippen molar-refractivity contribution in [3.8, 4) is 0 Å². The van der Waals surface area contributed by atoms with Gasteiger partial charge in [-0.15, -0.1) is 0 Å². The molecule has 0 bridgehead atoms. The Bertz CT molecular complexity index is 317. The first-order chi connectivity index (χ1) is 6.99. The highest BCUT2D eigenvalue weighted by atomic mass is 35.7. The molecule has 5 heteroatoms. The molecule has 0 amide bonds. The fourth-order valence-corrected chi connectivity index (χ4v) is 3.86. The second-order valence-corrected chi connectivity index (χ2v) is 6.58. The summed E-state index contributed by atoms with van der Waals surface area (Å²) >= 11 is 5.88. The van der Waals surface area contributed by atoms with Gasteiger partial charge in [-0.1, -0.05) is 24.3 Å². The summed E-state index contributed by atoms with van der Waals surface area (Å²) in [6, 6.07) is 0.0200. The number of hydrogen-bond donors (Lipinski definition) is 0. The summed E-state index contributed by atoms with van der Waals surface area (Å²) in [7, 11) is 0. The van der Waals surface area contributed by atoms with Gasteiger partial charge in [0.05, 0.1) is 6.61 Å². The fourth-order valence-electron chi connectivity index (χ4n) is 1.56. The van der Waals surface area contributed by atoms with E-state index >= 15 is 0 Å². The summed E-state index contributed by atoms with van der Waals surface area (Å²) in [5, 5.41) is 0. The molecule has 3 nitrogen and oxygen atoms in total. The van der Waals surface area contributed by atoms with Crippen molar-refractivity contribution in [3.63, 3.8) is 0 Å². The van der Waals surface area contributed by atoms with Gasteiger partial charge < -0.3 is 4.52 Å². The Kier molecular flexibility index (Phi) is 4.60. The zero-order chi connectivity index (χ0) is 11.5. The molecule has 86 valence electrons. The van der Waals surface area contributed by atoms with E-state index in [1.165, 1.54) is 0 Å². The predicted molar refractivity (Wildman–Crippen MR) is 64.2 cm³/mol. The Morgan fingerprint density at radius 2 is 2.40 bits per heavy atom. The van der Waals surface area contributed by atoms with Crippen molar-refractivity contribution in [2.45, 2.75) is 26.3 Å². The van der Waals surface area contributed by atoms with Crippen molar-refractivity contribution in [1.82, 2.24) is 4.67 Å². The highest BCUT2D eigenvalue weighted by Gasteiger charge is 2.36. The van der Waals surface area contributed by atoms with Gasteiger partial charge in [0.1, 0.15) is 0 Å². The molecule has 0 aromatic carbocycles. The van der Waals surface area contributed by atoms with Crippen LogP contribution in [0.1, 0.15) is 20.3 Å². The summed E-state index contributed by atoms with van der Waals surface area (Å²) in [6.07, 6.45) is 4.48. The molecule has 0 saturated carbocycles. The molecule has 15 heavy (non-hydrogen) atoms. The fraction of sp³-hybridized carbons (Fsp3) is 0.600. The Morgan fingerprint density at radius 1 is 1.73 bits per heavy atom. The second kappa shape index (κ2) is 5.31. The predicted octanol–water partition coefficient (Wildman–Crippen LogP) is 3.58. The summed E-state index contributed by atoms with van der Waals surface area (Å²) in [4.78, 5) is 0. The maximum absolute atomic E-state index is 11.9. The molecule has 2 atom stereocenters. The largest absolute Gasteiger partial charge is 0.363 e. The zero-order valence-corrected chi connectivity index (χ0v) is 10.8.